The van der Waals surface area contributed by atoms with Gasteiger partial charge in [-0.3, -0.25) is 4.90 Å². The predicted molar refractivity (Wildman–Crippen MR) is 117 cm³/mol. The highest BCUT2D eigenvalue weighted by Crippen LogP contribution is 2.34. The van der Waals surface area contributed by atoms with E-state index in [0.717, 1.165) is 16.8 Å². The third-order valence-electron chi connectivity index (χ3n) is 5.17. The van der Waals surface area contributed by atoms with Gasteiger partial charge < -0.3 is 9.84 Å². The van der Waals surface area contributed by atoms with Crippen LogP contribution in [0.2, 0.25) is 0 Å². The van der Waals surface area contributed by atoms with Crippen molar-refractivity contribution in [3.05, 3.63) is 66.0 Å². The van der Waals surface area contributed by atoms with Gasteiger partial charge in [-0.25, -0.2) is 9.07 Å². The zero-order chi connectivity index (χ0) is 21.7. The molecule has 1 N–H and O–H groups in total. The molecular weight excluding hydrogens is 381 g/mol. The van der Waals surface area contributed by atoms with Crippen molar-refractivity contribution in [1.82, 2.24) is 14.7 Å². The van der Waals surface area contributed by atoms with Crippen LogP contribution in [0.5, 0.6) is 11.6 Å². The molecule has 0 bridgehead atoms. The number of aliphatic hydroxyl groups excluding tert-OH is 1. The van der Waals surface area contributed by atoms with Gasteiger partial charge in [-0.1, -0.05) is 37.3 Å². The van der Waals surface area contributed by atoms with E-state index in [1.165, 1.54) is 12.1 Å². The highest BCUT2D eigenvalue weighted by Gasteiger charge is 2.24. The van der Waals surface area contributed by atoms with Crippen LogP contribution in [-0.4, -0.2) is 38.5 Å². The average molecular weight is 412 g/mol. The van der Waals surface area contributed by atoms with E-state index in [0.29, 0.717) is 31.1 Å². The lowest BCUT2D eigenvalue weighted by Crippen LogP contribution is -2.37. The van der Waals surface area contributed by atoms with Gasteiger partial charge in [-0.2, -0.15) is 5.10 Å². The fourth-order valence-electron chi connectivity index (χ4n) is 3.33. The summed E-state index contributed by atoms with van der Waals surface area (Å²) in [5, 5.41) is 15.0. The molecule has 3 rings (SSSR count). The van der Waals surface area contributed by atoms with E-state index < -0.39 is 6.10 Å². The molecule has 5 nitrogen and oxygen atoms in total. The van der Waals surface area contributed by atoms with E-state index in [9.17, 15) is 9.50 Å². The Morgan fingerprint density at radius 3 is 2.37 bits per heavy atom. The van der Waals surface area contributed by atoms with Gasteiger partial charge in [0.25, 0.3) is 0 Å². The Hall–Kier alpha value is -2.70. The third kappa shape index (κ3) is 5.26. The maximum Gasteiger partial charge on any atom is 0.222 e. The van der Waals surface area contributed by atoms with Gasteiger partial charge in [0.2, 0.25) is 5.88 Å². The summed E-state index contributed by atoms with van der Waals surface area (Å²) in [6.45, 7) is 7.34. The lowest BCUT2D eigenvalue weighted by Gasteiger charge is -2.28. The molecule has 160 valence electrons. The number of benzene rings is 2. The standard InChI is InChI=1S/C24H30FN3O2/c1-5-20(29)15-28(17(2)3)16-22-23(18-9-7-6-8-10-18)26-27(4)24(22)30-21-13-11-19(25)12-14-21/h6-14,17,20,29H,5,15-16H2,1-4H3. The summed E-state index contributed by atoms with van der Waals surface area (Å²) in [5.41, 5.74) is 2.77. The quantitative estimate of drug-likeness (QED) is 0.538. The smallest absolute Gasteiger partial charge is 0.222 e. The Balaban J connectivity index is 2.03. The SMILES string of the molecule is CCC(O)CN(Cc1c(-c2ccccc2)nn(C)c1Oc1ccc(F)cc1)C(C)C. The van der Waals surface area contributed by atoms with Crippen LogP contribution in [0.3, 0.4) is 0 Å². The molecule has 0 saturated carbocycles. The molecule has 0 fully saturated rings. The van der Waals surface area contributed by atoms with Crippen LogP contribution in [0, 0.1) is 5.82 Å². The lowest BCUT2D eigenvalue weighted by atomic mass is 10.1. The maximum absolute atomic E-state index is 13.3. The van der Waals surface area contributed by atoms with E-state index in [2.05, 4.69) is 18.7 Å². The van der Waals surface area contributed by atoms with Crippen molar-refractivity contribution in [3.8, 4) is 22.9 Å². The monoisotopic (exact) mass is 411 g/mol. The second-order valence-electron chi connectivity index (χ2n) is 7.76. The normalized spacial score (nSPS) is 12.5. The number of aromatic nitrogens is 2. The minimum Gasteiger partial charge on any atom is -0.439 e. The van der Waals surface area contributed by atoms with Crippen LogP contribution < -0.4 is 4.74 Å². The first-order valence-corrected chi connectivity index (χ1v) is 10.4. The number of halogens is 1. The van der Waals surface area contributed by atoms with Gasteiger partial charge in [-0.15, -0.1) is 0 Å². The van der Waals surface area contributed by atoms with Crippen molar-refractivity contribution >= 4 is 0 Å². The summed E-state index contributed by atoms with van der Waals surface area (Å²) in [6.07, 6.45) is 0.298. The van der Waals surface area contributed by atoms with Crippen LogP contribution in [0.1, 0.15) is 32.8 Å². The molecule has 0 aliphatic heterocycles. The molecule has 30 heavy (non-hydrogen) atoms. The van der Waals surface area contributed by atoms with Gasteiger partial charge in [0.05, 0.1) is 11.7 Å². The molecule has 0 radical (unpaired) electrons. The molecular formula is C24H30FN3O2. The molecule has 1 aromatic heterocycles. The lowest BCUT2D eigenvalue weighted by molar-refractivity contribution is 0.0878. The molecule has 1 atom stereocenters. The van der Waals surface area contributed by atoms with Gasteiger partial charge in [-0.05, 0) is 44.5 Å². The van der Waals surface area contributed by atoms with Crippen molar-refractivity contribution in [2.45, 2.75) is 45.9 Å². The summed E-state index contributed by atoms with van der Waals surface area (Å²) in [5.74, 6) is 0.846. The fraction of sp³-hybridized carbons (Fsp3) is 0.375. The molecule has 0 aliphatic rings. The highest BCUT2D eigenvalue weighted by atomic mass is 19.1. The van der Waals surface area contributed by atoms with E-state index in [1.54, 1.807) is 16.8 Å². The number of aryl methyl sites for hydroxylation is 1. The van der Waals surface area contributed by atoms with Crippen LogP contribution in [0.4, 0.5) is 4.39 Å². The van der Waals surface area contributed by atoms with E-state index in [1.807, 2.05) is 44.3 Å². The second-order valence-corrected chi connectivity index (χ2v) is 7.76. The second kappa shape index (κ2) is 9.87. The van der Waals surface area contributed by atoms with Crippen LogP contribution in [-0.2, 0) is 13.6 Å². The minimum atomic E-state index is -0.397. The topological polar surface area (TPSA) is 50.5 Å². The summed E-state index contributed by atoms with van der Waals surface area (Å²) in [6, 6.07) is 16.2. The number of nitrogens with zero attached hydrogens (tertiary/aromatic N) is 3. The minimum absolute atomic E-state index is 0.230. The van der Waals surface area contributed by atoms with Crippen molar-refractivity contribution in [3.63, 3.8) is 0 Å². The molecule has 2 aromatic carbocycles. The first-order valence-electron chi connectivity index (χ1n) is 10.4. The van der Waals surface area contributed by atoms with Gasteiger partial charge in [0, 0.05) is 31.7 Å². The van der Waals surface area contributed by atoms with Crippen molar-refractivity contribution in [1.29, 1.82) is 0 Å². The molecule has 0 aliphatic carbocycles. The van der Waals surface area contributed by atoms with E-state index in [-0.39, 0.29) is 11.9 Å². The van der Waals surface area contributed by atoms with Crippen LogP contribution >= 0.6 is 0 Å². The van der Waals surface area contributed by atoms with Crippen molar-refractivity contribution in [2.75, 3.05) is 6.54 Å². The Labute approximate surface area is 177 Å². The zero-order valence-corrected chi connectivity index (χ0v) is 18.0. The van der Waals surface area contributed by atoms with Gasteiger partial charge in [0.15, 0.2) is 0 Å². The number of aliphatic hydroxyl groups is 1. The maximum atomic E-state index is 13.3. The summed E-state index contributed by atoms with van der Waals surface area (Å²) >= 11 is 0. The van der Waals surface area contributed by atoms with Crippen LogP contribution in [0.15, 0.2) is 54.6 Å². The third-order valence-corrected chi connectivity index (χ3v) is 5.17. The number of ether oxygens (including phenoxy) is 1. The molecule has 1 heterocycles. The van der Waals surface area contributed by atoms with E-state index >= 15 is 0 Å². The number of hydrogen-bond donors (Lipinski definition) is 1. The average Bonchev–Trinajstić information content (AvgIpc) is 3.04. The Morgan fingerprint density at radius 2 is 1.77 bits per heavy atom. The molecule has 3 aromatic rings. The first-order chi connectivity index (χ1) is 14.4. The summed E-state index contributed by atoms with van der Waals surface area (Å²) < 4.78 is 21.2. The molecule has 1 unspecified atom stereocenters. The first kappa shape index (κ1) is 22.0. The van der Waals surface area contributed by atoms with Crippen LogP contribution in [0.25, 0.3) is 11.3 Å². The number of rotatable bonds is 9. The van der Waals surface area contributed by atoms with Crippen molar-refractivity contribution < 1.29 is 14.2 Å². The Morgan fingerprint density at radius 1 is 1.10 bits per heavy atom. The summed E-state index contributed by atoms with van der Waals surface area (Å²) in [7, 11) is 1.84. The molecule has 6 heteroatoms. The Kier molecular flexibility index (Phi) is 7.24. The number of hydrogen-bond acceptors (Lipinski definition) is 4. The van der Waals surface area contributed by atoms with Gasteiger partial charge >= 0.3 is 0 Å². The molecule has 0 saturated heterocycles. The Bertz CT molecular complexity index is 939. The largest absolute Gasteiger partial charge is 0.439 e. The zero-order valence-electron chi connectivity index (χ0n) is 18.0. The van der Waals surface area contributed by atoms with Crippen molar-refractivity contribution in [2.24, 2.45) is 7.05 Å². The van der Waals surface area contributed by atoms with Gasteiger partial charge in [0.1, 0.15) is 17.3 Å². The predicted octanol–water partition coefficient (Wildman–Crippen LogP) is 5.00. The fourth-order valence-corrected chi connectivity index (χ4v) is 3.33. The summed E-state index contributed by atoms with van der Waals surface area (Å²) in [4.78, 5) is 2.22. The molecule has 0 spiro atoms. The molecule has 0 amide bonds. The highest BCUT2D eigenvalue weighted by molar-refractivity contribution is 5.65. The van der Waals surface area contributed by atoms with E-state index in [4.69, 9.17) is 9.84 Å².